The predicted octanol–water partition coefficient (Wildman–Crippen LogP) is 4.36. The third-order valence-electron chi connectivity index (χ3n) is 10.2. The van der Waals surface area contributed by atoms with E-state index < -0.39 is 36.3 Å². The van der Waals surface area contributed by atoms with Crippen LogP contribution in [0.4, 0.5) is 4.79 Å². The number of rotatable bonds is 15. The van der Waals surface area contributed by atoms with Crippen molar-refractivity contribution in [1.29, 1.82) is 0 Å². The topological polar surface area (TPSA) is 130 Å². The van der Waals surface area contributed by atoms with Gasteiger partial charge >= 0.3 is 6.09 Å². The molecule has 0 aromatic heterocycles. The van der Waals surface area contributed by atoms with Crippen LogP contribution in [0.25, 0.3) is 0 Å². The number of hydrogen-bond acceptors (Lipinski definition) is 8. The van der Waals surface area contributed by atoms with E-state index in [0.29, 0.717) is 25.9 Å². The minimum Gasteiger partial charge on any atom is -0.492 e. The van der Waals surface area contributed by atoms with Gasteiger partial charge in [0, 0.05) is 32.0 Å². The average molecular weight is 686 g/mol. The second kappa shape index (κ2) is 17.8. The molecule has 0 unspecified atom stereocenters. The predicted molar refractivity (Wildman–Crippen MR) is 190 cm³/mol. The lowest BCUT2D eigenvalue weighted by molar-refractivity contribution is -0.127. The molecule has 10 heteroatoms. The second-order valence-electron chi connectivity index (χ2n) is 13.9. The largest absolute Gasteiger partial charge is 0.492 e. The fourth-order valence-corrected chi connectivity index (χ4v) is 7.38. The fraction of sp³-hybridized carbons (Fsp3) is 0.500. The van der Waals surface area contributed by atoms with Crippen LogP contribution < -0.4 is 15.4 Å². The normalized spacial score (nSPS) is 21.2. The molecule has 0 radical (unpaired) electrons. The Morgan fingerprint density at radius 1 is 0.900 bits per heavy atom. The van der Waals surface area contributed by atoms with E-state index in [1.807, 2.05) is 78.9 Å². The lowest BCUT2D eigenvalue weighted by Crippen LogP contribution is -2.48. The van der Waals surface area contributed by atoms with Gasteiger partial charge in [0.1, 0.15) is 18.5 Å². The van der Waals surface area contributed by atoms with Crippen molar-refractivity contribution in [3.8, 4) is 5.75 Å². The minimum atomic E-state index is -1.05. The van der Waals surface area contributed by atoms with Gasteiger partial charge in [-0.3, -0.25) is 9.69 Å². The van der Waals surface area contributed by atoms with E-state index in [2.05, 4.69) is 15.5 Å². The number of morpholine rings is 1. The molecular weight excluding hydrogens is 634 g/mol. The molecule has 0 bridgehead atoms. The molecule has 2 amide bonds. The van der Waals surface area contributed by atoms with E-state index in [1.165, 1.54) is 0 Å². The van der Waals surface area contributed by atoms with Crippen LogP contribution >= 0.6 is 0 Å². The molecule has 10 nitrogen and oxygen atoms in total. The molecule has 50 heavy (non-hydrogen) atoms. The van der Waals surface area contributed by atoms with Crippen molar-refractivity contribution >= 4 is 12.0 Å². The number of carbonyl (C=O) groups is 2. The number of ether oxygens (including phenoxy) is 3. The van der Waals surface area contributed by atoms with Crippen LogP contribution in [0, 0.1) is 5.92 Å². The number of fused-ring (bicyclic) bond motifs is 1. The summed E-state index contributed by atoms with van der Waals surface area (Å²) in [5, 5.41) is 28.7. The van der Waals surface area contributed by atoms with Crippen molar-refractivity contribution in [2.45, 2.75) is 81.8 Å². The Morgan fingerprint density at radius 3 is 2.36 bits per heavy atom. The average Bonchev–Trinajstić information content (AvgIpc) is 3.76. The van der Waals surface area contributed by atoms with Crippen LogP contribution in [-0.2, 0) is 33.5 Å². The van der Waals surface area contributed by atoms with Crippen molar-refractivity contribution in [2.75, 3.05) is 39.5 Å². The summed E-state index contributed by atoms with van der Waals surface area (Å²) in [5.41, 5.74) is 3.79. The van der Waals surface area contributed by atoms with E-state index in [0.717, 1.165) is 86.5 Å². The smallest absolute Gasteiger partial charge is 0.407 e. The first-order valence-electron chi connectivity index (χ1n) is 18.2. The van der Waals surface area contributed by atoms with Gasteiger partial charge in [-0.15, -0.1) is 0 Å². The Hall–Kier alpha value is -3.96. The summed E-state index contributed by atoms with van der Waals surface area (Å²) in [7, 11) is 0. The molecule has 1 aliphatic heterocycles. The molecule has 5 atom stereocenters. The summed E-state index contributed by atoms with van der Waals surface area (Å²) < 4.78 is 17.1. The lowest BCUT2D eigenvalue weighted by atomic mass is 9.88. The van der Waals surface area contributed by atoms with Crippen LogP contribution in [0.2, 0.25) is 0 Å². The number of amides is 2. The Morgan fingerprint density at radius 2 is 1.60 bits per heavy atom. The standard InChI is InChI=1S/C40H51N3O7/c44-36(35(25-28-8-2-1-3-9-28)41-40(47)50-33-11-5-6-12-33)27-31(39(46)42-38-34-13-7-4-10-30(34)26-37(38)45)24-29-14-16-32(17-15-29)49-23-20-43-18-21-48-22-19-43/h1-4,7-10,13-17,31,33,35-38,44-45H,5-6,11-12,18-27H2,(H,41,47)(H,42,46)/t31-,35+,36+,37-,38+/m1/s1. The summed E-state index contributed by atoms with van der Waals surface area (Å²) in [6.45, 7) is 4.71. The highest BCUT2D eigenvalue weighted by molar-refractivity contribution is 5.80. The zero-order chi connectivity index (χ0) is 34.7. The van der Waals surface area contributed by atoms with Crippen LogP contribution in [0.5, 0.6) is 5.75 Å². The van der Waals surface area contributed by atoms with Crippen LogP contribution in [0.1, 0.15) is 60.4 Å². The molecule has 3 aliphatic rings. The number of nitrogens with zero attached hydrogens (tertiary/aromatic N) is 1. The van der Waals surface area contributed by atoms with Gasteiger partial charge in [-0.2, -0.15) is 0 Å². The molecular formula is C40H51N3O7. The molecule has 6 rings (SSSR count). The molecule has 1 saturated heterocycles. The van der Waals surface area contributed by atoms with E-state index >= 15 is 0 Å². The Labute approximate surface area is 295 Å². The van der Waals surface area contributed by atoms with Gasteiger partial charge in [-0.25, -0.2) is 4.79 Å². The highest BCUT2D eigenvalue weighted by atomic mass is 16.6. The van der Waals surface area contributed by atoms with Crippen molar-refractivity contribution in [1.82, 2.24) is 15.5 Å². The molecule has 3 aromatic carbocycles. The first-order valence-corrected chi connectivity index (χ1v) is 18.2. The summed E-state index contributed by atoms with van der Waals surface area (Å²) >= 11 is 0. The third kappa shape index (κ3) is 10.1. The van der Waals surface area contributed by atoms with Crippen molar-refractivity contribution in [3.63, 3.8) is 0 Å². The molecule has 1 saturated carbocycles. The number of benzene rings is 3. The minimum absolute atomic E-state index is 0.0926. The van der Waals surface area contributed by atoms with Crippen molar-refractivity contribution in [2.24, 2.45) is 5.92 Å². The van der Waals surface area contributed by atoms with Gasteiger partial charge in [0.25, 0.3) is 0 Å². The summed E-state index contributed by atoms with van der Waals surface area (Å²) in [4.78, 5) is 29.4. The highest BCUT2D eigenvalue weighted by Gasteiger charge is 2.35. The van der Waals surface area contributed by atoms with E-state index in [1.54, 1.807) is 0 Å². The molecule has 0 spiro atoms. The molecule has 3 aromatic rings. The Bertz CT molecular complexity index is 1510. The third-order valence-corrected chi connectivity index (χ3v) is 10.2. The van der Waals surface area contributed by atoms with Crippen LogP contribution in [0.3, 0.4) is 0 Å². The molecule has 268 valence electrons. The highest BCUT2D eigenvalue weighted by Crippen LogP contribution is 2.32. The maximum Gasteiger partial charge on any atom is 0.407 e. The number of aliphatic hydroxyl groups is 2. The quantitative estimate of drug-likeness (QED) is 0.186. The SMILES string of the molecule is O=C(N[C@@H](Cc1ccccc1)[C@@H](O)C[C@@H](Cc1ccc(OCCN2CCOCC2)cc1)C(=O)N[C@H]1c2ccccc2C[C@H]1O)OC1CCCC1. The van der Waals surface area contributed by atoms with Gasteiger partial charge in [0.05, 0.1) is 37.5 Å². The zero-order valence-corrected chi connectivity index (χ0v) is 28.8. The number of hydrogen-bond donors (Lipinski definition) is 4. The van der Waals surface area contributed by atoms with Crippen LogP contribution in [-0.4, -0.2) is 90.9 Å². The Balaban J connectivity index is 1.16. The van der Waals surface area contributed by atoms with Crippen molar-refractivity contribution in [3.05, 3.63) is 101 Å². The maximum absolute atomic E-state index is 14.1. The maximum atomic E-state index is 14.1. The molecule has 1 heterocycles. The second-order valence-corrected chi connectivity index (χ2v) is 13.9. The monoisotopic (exact) mass is 685 g/mol. The van der Waals surface area contributed by atoms with Gasteiger partial charge < -0.3 is 35.1 Å². The van der Waals surface area contributed by atoms with Gasteiger partial charge in [0.2, 0.25) is 5.91 Å². The van der Waals surface area contributed by atoms with Gasteiger partial charge in [0.15, 0.2) is 0 Å². The van der Waals surface area contributed by atoms with E-state index in [9.17, 15) is 19.8 Å². The molecule has 2 aliphatic carbocycles. The number of nitrogens with one attached hydrogen (secondary N) is 2. The van der Waals surface area contributed by atoms with Crippen LogP contribution in [0.15, 0.2) is 78.9 Å². The molecule has 2 fully saturated rings. The van der Waals surface area contributed by atoms with E-state index in [-0.39, 0.29) is 18.4 Å². The Kier molecular flexibility index (Phi) is 12.8. The number of carbonyl (C=O) groups excluding carboxylic acids is 2. The fourth-order valence-electron chi connectivity index (χ4n) is 7.38. The number of aliphatic hydroxyl groups excluding tert-OH is 2. The van der Waals surface area contributed by atoms with Gasteiger partial charge in [-0.05, 0) is 79.3 Å². The number of alkyl carbamates (subject to hydrolysis) is 1. The summed E-state index contributed by atoms with van der Waals surface area (Å²) in [5.74, 6) is -0.159. The van der Waals surface area contributed by atoms with Gasteiger partial charge in [-0.1, -0.05) is 66.7 Å². The first-order chi connectivity index (χ1) is 24.4. The van der Waals surface area contributed by atoms with E-state index in [4.69, 9.17) is 14.2 Å². The zero-order valence-electron chi connectivity index (χ0n) is 28.8. The summed E-state index contributed by atoms with van der Waals surface area (Å²) in [6, 6.07) is 23.9. The summed E-state index contributed by atoms with van der Waals surface area (Å²) in [6.07, 6.45) is 2.59. The molecule has 4 N–H and O–H groups in total. The lowest BCUT2D eigenvalue weighted by Gasteiger charge is -2.29. The first kappa shape index (κ1) is 35.9. The van der Waals surface area contributed by atoms with Crippen molar-refractivity contribution < 1.29 is 34.0 Å².